The van der Waals surface area contributed by atoms with E-state index in [1.807, 2.05) is 0 Å². The summed E-state index contributed by atoms with van der Waals surface area (Å²) in [5.74, 6) is -1.09. The molecule has 158 valence electrons. The molecule has 1 fully saturated rings. The molecule has 1 aliphatic rings. The molecular formula is C15H21N7O7. The molecule has 29 heavy (non-hydrogen) atoms. The smallest absolute Gasteiger partial charge is 0.312 e. The SMILES string of the molecule is CC(O)C(NC(N)=O)C(=O)[C@@]1(n2cnc3c(N)ncnc32)O[C@H](CO)[C@@H](O)[C@H]1O. The predicted octanol–water partition coefficient (Wildman–Crippen LogP) is -3.84. The van der Waals surface area contributed by atoms with E-state index < -0.39 is 54.6 Å². The van der Waals surface area contributed by atoms with E-state index in [0.717, 1.165) is 17.2 Å². The third-order valence-electron chi connectivity index (χ3n) is 4.75. The van der Waals surface area contributed by atoms with Crippen LogP contribution in [0.15, 0.2) is 12.7 Å². The van der Waals surface area contributed by atoms with Gasteiger partial charge in [-0.2, -0.15) is 0 Å². The lowest BCUT2D eigenvalue weighted by atomic mass is 9.91. The number of aromatic nitrogens is 4. The zero-order valence-electron chi connectivity index (χ0n) is 15.2. The molecule has 6 atom stereocenters. The Kier molecular flexibility index (Phi) is 5.38. The van der Waals surface area contributed by atoms with E-state index in [2.05, 4.69) is 20.3 Å². The Morgan fingerprint density at radius 2 is 2.07 bits per heavy atom. The average molecular weight is 411 g/mol. The van der Waals surface area contributed by atoms with Gasteiger partial charge in [-0.25, -0.2) is 19.7 Å². The molecule has 2 aromatic rings. The number of nitrogen functional groups attached to an aromatic ring is 1. The number of ketones is 1. The molecule has 14 nitrogen and oxygen atoms in total. The Labute approximate surface area is 163 Å². The summed E-state index contributed by atoms with van der Waals surface area (Å²) in [6.45, 7) is 0.471. The summed E-state index contributed by atoms with van der Waals surface area (Å²) in [5.41, 5.74) is 8.48. The zero-order valence-corrected chi connectivity index (χ0v) is 15.2. The van der Waals surface area contributed by atoms with Crippen LogP contribution in [0.5, 0.6) is 0 Å². The van der Waals surface area contributed by atoms with Crippen LogP contribution in [0.2, 0.25) is 0 Å². The summed E-state index contributed by atoms with van der Waals surface area (Å²) >= 11 is 0. The number of aliphatic hydroxyl groups excluding tert-OH is 4. The summed E-state index contributed by atoms with van der Waals surface area (Å²) in [4.78, 5) is 36.6. The standard InChI is InChI=1S/C15H21N7O7/c1-5(24)7(21-14(17)28)10(26)15(11(27)9(25)6(2-23)29-15)22-4-20-8-12(16)18-3-19-13(8)22/h3-7,9,11,23-25,27H,2H2,1H3,(H2,16,18,19)(H3,17,21,28)/t5?,6-,7?,9-,11-,15-/m1/s1. The van der Waals surface area contributed by atoms with Crippen molar-refractivity contribution < 1.29 is 34.8 Å². The molecule has 0 radical (unpaired) electrons. The number of primary amides is 1. The van der Waals surface area contributed by atoms with E-state index in [0.29, 0.717) is 0 Å². The van der Waals surface area contributed by atoms with Gasteiger partial charge in [-0.3, -0.25) is 9.36 Å². The van der Waals surface area contributed by atoms with E-state index in [4.69, 9.17) is 16.2 Å². The Morgan fingerprint density at radius 1 is 1.38 bits per heavy atom. The van der Waals surface area contributed by atoms with E-state index in [-0.39, 0.29) is 17.0 Å². The van der Waals surface area contributed by atoms with Crippen molar-refractivity contribution in [2.75, 3.05) is 12.3 Å². The number of carbonyl (C=O) groups excluding carboxylic acids is 2. The molecule has 2 aromatic heterocycles. The van der Waals surface area contributed by atoms with Gasteiger partial charge in [0.1, 0.15) is 42.5 Å². The molecule has 14 heteroatoms. The Bertz CT molecular complexity index is 935. The van der Waals surface area contributed by atoms with Crippen LogP contribution in [0.1, 0.15) is 6.92 Å². The monoisotopic (exact) mass is 411 g/mol. The fourth-order valence-corrected chi connectivity index (χ4v) is 3.35. The van der Waals surface area contributed by atoms with Gasteiger partial charge >= 0.3 is 6.03 Å². The van der Waals surface area contributed by atoms with Gasteiger partial charge in [-0.1, -0.05) is 0 Å². The fourth-order valence-electron chi connectivity index (χ4n) is 3.35. The van der Waals surface area contributed by atoms with Gasteiger partial charge in [-0.15, -0.1) is 0 Å². The number of urea groups is 1. The Hall–Kier alpha value is -2.91. The number of hydrogen-bond donors (Lipinski definition) is 7. The topological polar surface area (TPSA) is 232 Å². The number of hydrogen-bond acceptors (Lipinski definition) is 11. The molecule has 1 aliphatic heterocycles. The average Bonchev–Trinajstić information content (AvgIpc) is 3.21. The van der Waals surface area contributed by atoms with Gasteiger partial charge in [0.2, 0.25) is 11.5 Å². The quantitative estimate of drug-likeness (QED) is 0.243. The highest BCUT2D eigenvalue weighted by molar-refractivity contribution is 5.95. The lowest BCUT2D eigenvalue weighted by Gasteiger charge is -2.35. The minimum atomic E-state index is -2.42. The van der Waals surface area contributed by atoms with Crippen LogP contribution in [0.25, 0.3) is 11.2 Å². The largest absolute Gasteiger partial charge is 0.394 e. The summed E-state index contributed by atoms with van der Waals surface area (Å²) in [7, 11) is 0. The third kappa shape index (κ3) is 3.16. The van der Waals surface area contributed by atoms with Crippen molar-refractivity contribution in [1.29, 1.82) is 0 Å². The van der Waals surface area contributed by atoms with Crippen molar-refractivity contribution >= 4 is 28.8 Å². The van der Waals surface area contributed by atoms with Crippen molar-refractivity contribution in [3.63, 3.8) is 0 Å². The van der Waals surface area contributed by atoms with Gasteiger partial charge in [0.15, 0.2) is 11.5 Å². The first-order valence-corrected chi connectivity index (χ1v) is 8.52. The van der Waals surface area contributed by atoms with E-state index >= 15 is 0 Å². The van der Waals surface area contributed by atoms with Gasteiger partial charge in [0, 0.05) is 0 Å². The number of imidazole rings is 1. The lowest BCUT2D eigenvalue weighted by Crippen LogP contribution is -2.62. The molecular weight excluding hydrogens is 390 g/mol. The molecule has 0 bridgehead atoms. The molecule has 3 rings (SSSR count). The first kappa shape index (κ1) is 20.8. The number of aliphatic hydroxyl groups is 4. The second-order valence-electron chi connectivity index (χ2n) is 6.61. The Morgan fingerprint density at radius 3 is 2.62 bits per heavy atom. The molecule has 0 aromatic carbocycles. The summed E-state index contributed by atoms with van der Waals surface area (Å²) in [6, 6.07) is -2.75. The molecule has 9 N–H and O–H groups in total. The highest BCUT2D eigenvalue weighted by atomic mass is 16.6. The number of ether oxygens (including phenoxy) is 1. The van der Waals surface area contributed by atoms with Crippen LogP contribution in [-0.4, -0.2) is 88.8 Å². The highest BCUT2D eigenvalue weighted by Gasteiger charge is 2.62. The molecule has 3 heterocycles. The Balaban J connectivity index is 2.24. The lowest BCUT2D eigenvalue weighted by molar-refractivity contribution is -0.178. The van der Waals surface area contributed by atoms with Crippen LogP contribution in [0, 0.1) is 0 Å². The summed E-state index contributed by atoms with van der Waals surface area (Å²) in [6.07, 6.45) is -4.28. The van der Waals surface area contributed by atoms with Crippen molar-refractivity contribution in [1.82, 2.24) is 24.8 Å². The highest BCUT2D eigenvalue weighted by Crippen LogP contribution is 2.39. The second-order valence-corrected chi connectivity index (χ2v) is 6.61. The second kappa shape index (κ2) is 7.49. The first-order valence-electron chi connectivity index (χ1n) is 8.52. The van der Waals surface area contributed by atoms with Gasteiger partial charge in [-0.05, 0) is 6.92 Å². The van der Waals surface area contributed by atoms with Gasteiger partial charge in [0.05, 0.1) is 12.7 Å². The van der Waals surface area contributed by atoms with Crippen LogP contribution in [0.4, 0.5) is 10.6 Å². The van der Waals surface area contributed by atoms with Gasteiger partial charge < -0.3 is 41.9 Å². The number of nitrogens with one attached hydrogen (secondary N) is 1. The molecule has 2 unspecified atom stereocenters. The van der Waals surface area contributed by atoms with Crippen molar-refractivity contribution in [2.24, 2.45) is 5.73 Å². The summed E-state index contributed by atoms with van der Waals surface area (Å²) in [5, 5.41) is 42.7. The predicted molar refractivity (Wildman–Crippen MR) is 94.9 cm³/mol. The number of amides is 2. The summed E-state index contributed by atoms with van der Waals surface area (Å²) < 4.78 is 6.61. The van der Waals surface area contributed by atoms with Crippen LogP contribution in [0.3, 0.4) is 0 Å². The third-order valence-corrected chi connectivity index (χ3v) is 4.75. The number of Topliss-reactive ketones (excluding diaryl/α,β-unsaturated/α-hetero) is 1. The zero-order chi connectivity index (χ0) is 21.5. The number of nitrogens with zero attached hydrogens (tertiary/aromatic N) is 4. The molecule has 1 saturated heterocycles. The van der Waals surface area contributed by atoms with E-state index in [1.54, 1.807) is 0 Å². The number of carbonyl (C=O) groups is 2. The molecule has 2 amide bonds. The molecule has 0 saturated carbocycles. The van der Waals surface area contributed by atoms with E-state index in [9.17, 15) is 30.0 Å². The fraction of sp³-hybridized carbons (Fsp3) is 0.533. The van der Waals surface area contributed by atoms with Crippen molar-refractivity contribution in [3.8, 4) is 0 Å². The normalized spacial score (nSPS) is 28.9. The maximum atomic E-state index is 13.5. The number of nitrogens with two attached hydrogens (primary N) is 2. The number of anilines is 1. The van der Waals surface area contributed by atoms with Crippen molar-refractivity contribution in [3.05, 3.63) is 12.7 Å². The van der Waals surface area contributed by atoms with Crippen LogP contribution in [-0.2, 0) is 15.3 Å². The molecule has 0 spiro atoms. The molecule has 0 aliphatic carbocycles. The minimum absolute atomic E-state index is 0.0228. The van der Waals surface area contributed by atoms with Crippen LogP contribution < -0.4 is 16.8 Å². The maximum Gasteiger partial charge on any atom is 0.312 e. The van der Waals surface area contributed by atoms with E-state index in [1.165, 1.54) is 6.92 Å². The maximum absolute atomic E-state index is 13.5. The number of rotatable bonds is 6. The van der Waals surface area contributed by atoms with Crippen molar-refractivity contribution in [2.45, 2.75) is 43.1 Å². The first-order chi connectivity index (χ1) is 13.6. The minimum Gasteiger partial charge on any atom is -0.394 e. The number of fused-ring (bicyclic) bond motifs is 1. The van der Waals surface area contributed by atoms with Gasteiger partial charge in [0.25, 0.3) is 0 Å². The van der Waals surface area contributed by atoms with Crippen LogP contribution >= 0.6 is 0 Å².